The van der Waals surface area contributed by atoms with Crippen molar-refractivity contribution >= 4 is 65.1 Å². The van der Waals surface area contributed by atoms with Crippen molar-refractivity contribution in [3.8, 4) is 5.75 Å². The summed E-state index contributed by atoms with van der Waals surface area (Å²) in [7, 11) is -4.41. The van der Waals surface area contributed by atoms with Gasteiger partial charge in [-0.2, -0.15) is 9.55 Å². The fourth-order valence-corrected chi connectivity index (χ4v) is 7.36. The van der Waals surface area contributed by atoms with Crippen LogP contribution in [0.1, 0.15) is 54.5 Å². The maximum atomic E-state index is 14.9. The van der Waals surface area contributed by atoms with Crippen molar-refractivity contribution in [2.45, 2.75) is 51.8 Å². The third kappa shape index (κ3) is 8.14. The molecule has 0 saturated carbocycles. The van der Waals surface area contributed by atoms with Crippen molar-refractivity contribution in [3.05, 3.63) is 88.2 Å². The first-order valence-electron chi connectivity index (χ1n) is 15.1. The molecule has 4 aromatic rings. The Balaban J connectivity index is 1.59. The molecule has 1 unspecified atom stereocenters. The minimum absolute atomic E-state index is 0.0216. The number of hydrogen-bond acceptors (Lipinski definition) is 8. The Kier molecular flexibility index (Phi) is 10.9. The van der Waals surface area contributed by atoms with Gasteiger partial charge >= 0.3 is 13.6 Å². The summed E-state index contributed by atoms with van der Waals surface area (Å²) in [5.41, 5.74) is -0.342. The number of esters is 1. The average Bonchev–Trinajstić information content (AvgIpc) is 3.46. The van der Waals surface area contributed by atoms with Crippen molar-refractivity contribution in [1.29, 1.82) is 0 Å². The maximum Gasteiger partial charge on any atom is 0.440 e. The number of nitrogens with one attached hydrogen (secondary N) is 4. The molecular weight excluding hydrogens is 666 g/mol. The number of hydrogen-bond donors (Lipinski definition) is 4. The molecule has 12 nitrogen and oxygen atoms in total. The van der Waals surface area contributed by atoms with Crippen molar-refractivity contribution < 1.29 is 28.2 Å². The Morgan fingerprint density at radius 2 is 1.62 bits per heavy atom. The predicted octanol–water partition coefficient (Wildman–Crippen LogP) is 6.04. The van der Waals surface area contributed by atoms with Gasteiger partial charge in [-0.1, -0.05) is 65.7 Å². The molecule has 47 heavy (non-hydrogen) atoms. The van der Waals surface area contributed by atoms with Crippen LogP contribution in [-0.2, 0) is 14.1 Å². The standard InChI is InChI=1S/C32H35Cl2N6O6P/c1-19(2)45-32(43)20(3)39-47(44,46-27-13-6-9-21-8-4-5-10-23(21)27)40-18-26(37-30(41)28-24(33)11-7-12-25(28)34)29(38-40)31(42)36-22-14-16-35-17-15-22/h4-13,18-20,22,35H,14-17H2,1-3H3,(H,36,42)(H,37,41)(H,39,44)/t20-,47?/m0/s1. The molecule has 2 atom stereocenters. The quantitative estimate of drug-likeness (QED) is 0.108. The lowest BCUT2D eigenvalue weighted by atomic mass is 10.1. The molecule has 4 N–H and O–H groups in total. The Bertz CT molecular complexity index is 1820. The molecule has 1 fully saturated rings. The number of nitrogens with zero attached hydrogens (tertiary/aromatic N) is 2. The highest BCUT2D eigenvalue weighted by molar-refractivity contribution is 7.55. The van der Waals surface area contributed by atoms with E-state index in [-0.39, 0.29) is 38.8 Å². The van der Waals surface area contributed by atoms with E-state index in [1.165, 1.54) is 25.3 Å². The van der Waals surface area contributed by atoms with Crippen LogP contribution >= 0.6 is 30.9 Å². The van der Waals surface area contributed by atoms with Crippen LogP contribution < -0.4 is 25.6 Å². The van der Waals surface area contributed by atoms with Gasteiger partial charge in [0.1, 0.15) is 11.8 Å². The van der Waals surface area contributed by atoms with Gasteiger partial charge in [0.25, 0.3) is 11.8 Å². The number of rotatable bonds is 11. The lowest BCUT2D eigenvalue weighted by Crippen LogP contribution is -2.43. The minimum atomic E-state index is -4.41. The molecule has 5 rings (SSSR count). The molecule has 0 radical (unpaired) electrons. The molecule has 2 heterocycles. The van der Waals surface area contributed by atoms with Gasteiger partial charge in [-0.05, 0) is 70.3 Å². The van der Waals surface area contributed by atoms with E-state index >= 15 is 0 Å². The van der Waals surface area contributed by atoms with Crippen LogP contribution in [0.5, 0.6) is 5.75 Å². The van der Waals surface area contributed by atoms with Gasteiger partial charge in [-0.25, -0.2) is 9.65 Å². The highest BCUT2D eigenvalue weighted by atomic mass is 35.5. The topological polar surface area (TPSA) is 153 Å². The summed E-state index contributed by atoms with van der Waals surface area (Å²) in [4.78, 5) is 40.0. The van der Waals surface area contributed by atoms with Gasteiger partial charge in [0, 0.05) is 11.4 Å². The molecule has 0 bridgehead atoms. The molecule has 1 aliphatic rings. The molecule has 0 spiro atoms. The zero-order valence-corrected chi connectivity index (χ0v) is 28.4. The Hall–Kier alpha value is -3.93. The summed E-state index contributed by atoms with van der Waals surface area (Å²) in [6, 6.07) is 15.9. The first kappa shape index (κ1) is 34.4. The summed E-state index contributed by atoms with van der Waals surface area (Å²) in [5, 5.41) is 17.6. The molecular formula is C32H35Cl2N6O6P. The van der Waals surface area contributed by atoms with Crippen LogP contribution in [0, 0.1) is 0 Å². The maximum absolute atomic E-state index is 14.9. The highest BCUT2D eigenvalue weighted by Crippen LogP contribution is 2.47. The Morgan fingerprint density at radius 3 is 2.32 bits per heavy atom. The van der Waals surface area contributed by atoms with E-state index < -0.39 is 37.6 Å². The molecule has 0 aliphatic carbocycles. The van der Waals surface area contributed by atoms with Gasteiger partial charge in [-0.3, -0.25) is 14.4 Å². The lowest BCUT2D eigenvalue weighted by Gasteiger charge is -2.24. The van der Waals surface area contributed by atoms with Crippen molar-refractivity contribution in [2.75, 3.05) is 18.4 Å². The van der Waals surface area contributed by atoms with Crippen LogP contribution in [0.4, 0.5) is 5.69 Å². The van der Waals surface area contributed by atoms with Crippen LogP contribution in [0.2, 0.25) is 10.0 Å². The van der Waals surface area contributed by atoms with E-state index in [0.717, 1.165) is 22.9 Å². The fraction of sp³-hybridized carbons (Fsp3) is 0.312. The zero-order chi connectivity index (χ0) is 33.7. The average molecular weight is 702 g/mol. The lowest BCUT2D eigenvalue weighted by molar-refractivity contribution is -0.149. The second-order valence-electron chi connectivity index (χ2n) is 11.3. The van der Waals surface area contributed by atoms with Gasteiger partial charge in [0.2, 0.25) is 0 Å². The minimum Gasteiger partial charge on any atom is -0.462 e. The van der Waals surface area contributed by atoms with Crippen LogP contribution in [0.15, 0.2) is 66.9 Å². The number of carbonyl (C=O) groups is 3. The third-order valence-electron chi connectivity index (χ3n) is 7.33. The summed E-state index contributed by atoms with van der Waals surface area (Å²) in [5.74, 6) is -1.78. The number of piperidine rings is 1. The third-order valence-corrected chi connectivity index (χ3v) is 9.87. The van der Waals surface area contributed by atoms with Crippen LogP contribution in [0.3, 0.4) is 0 Å². The molecule has 3 aromatic carbocycles. The molecule has 15 heteroatoms. The summed E-state index contributed by atoms with van der Waals surface area (Å²) in [6.45, 7) is 6.29. The predicted molar refractivity (Wildman–Crippen MR) is 181 cm³/mol. The monoisotopic (exact) mass is 700 g/mol. The van der Waals surface area contributed by atoms with Gasteiger partial charge in [0.15, 0.2) is 5.69 Å². The summed E-state index contributed by atoms with van der Waals surface area (Å²) >= 11 is 12.6. The molecule has 1 saturated heterocycles. The van der Waals surface area contributed by atoms with E-state index in [4.69, 9.17) is 32.5 Å². The number of halogens is 2. The number of anilines is 1. The molecule has 1 aliphatic heterocycles. The Labute approximate surface area is 282 Å². The number of carbonyl (C=O) groups excluding carboxylic acids is 3. The van der Waals surface area contributed by atoms with Crippen LogP contribution in [-0.4, -0.2) is 58.6 Å². The second-order valence-corrected chi connectivity index (χ2v) is 14.0. The normalized spacial score (nSPS) is 15.5. The number of aromatic nitrogens is 2. The number of benzene rings is 3. The highest BCUT2D eigenvalue weighted by Gasteiger charge is 2.37. The zero-order valence-electron chi connectivity index (χ0n) is 26.0. The largest absolute Gasteiger partial charge is 0.462 e. The van der Waals surface area contributed by atoms with Gasteiger partial charge < -0.3 is 25.2 Å². The van der Waals surface area contributed by atoms with Gasteiger partial charge in [0.05, 0.1) is 33.6 Å². The molecule has 2 amide bonds. The number of fused-ring (bicyclic) bond motifs is 1. The summed E-state index contributed by atoms with van der Waals surface area (Å²) in [6.07, 6.45) is 2.14. The van der Waals surface area contributed by atoms with E-state index in [2.05, 4.69) is 26.1 Å². The van der Waals surface area contributed by atoms with Crippen molar-refractivity contribution in [2.24, 2.45) is 0 Å². The van der Waals surface area contributed by atoms with Crippen LogP contribution in [0.25, 0.3) is 10.8 Å². The molecule has 1 aromatic heterocycles. The fourth-order valence-electron chi connectivity index (χ4n) is 5.04. The smallest absolute Gasteiger partial charge is 0.440 e. The Morgan fingerprint density at radius 1 is 0.957 bits per heavy atom. The molecule has 248 valence electrons. The number of ether oxygens (including phenoxy) is 1. The van der Waals surface area contributed by atoms with E-state index in [1.54, 1.807) is 44.2 Å². The summed E-state index contributed by atoms with van der Waals surface area (Å²) < 4.78 is 27.4. The first-order valence-corrected chi connectivity index (χ1v) is 17.4. The first-order chi connectivity index (χ1) is 22.4. The van der Waals surface area contributed by atoms with E-state index in [0.29, 0.717) is 18.2 Å². The SMILES string of the molecule is CC(C)OC(=O)[C@H](C)NP(=O)(Oc1cccc2ccccc12)n1cc(NC(=O)c2c(Cl)cccc2Cl)c(C(=O)NC2CCNCC2)n1. The second kappa shape index (κ2) is 14.9. The van der Waals surface area contributed by atoms with Crippen molar-refractivity contribution in [1.82, 2.24) is 25.3 Å². The number of amides is 2. The van der Waals surface area contributed by atoms with E-state index in [9.17, 15) is 18.9 Å². The van der Waals surface area contributed by atoms with Crippen molar-refractivity contribution in [3.63, 3.8) is 0 Å². The van der Waals surface area contributed by atoms with Gasteiger partial charge in [-0.15, -0.1) is 0 Å². The van der Waals surface area contributed by atoms with E-state index in [1.807, 2.05) is 18.2 Å².